The van der Waals surface area contributed by atoms with E-state index >= 15 is 0 Å². The Hall–Kier alpha value is -0.130. The molecule has 4 nitrogen and oxygen atoms in total. The van der Waals surface area contributed by atoms with Crippen LogP contribution in [0.25, 0.3) is 0 Å². The van der Waals surface area contributed by atoms with E-state index < -0.39 is 15.4 Å². The summed E-state index contributed by atoms with van der Waals surface area (Å²) in [7, 11) is -3.86. The Morgan fingerprint density at radius 2 is 1.56 bits per heavy atom. The fourth-order valence-electron chi connectivity index (χ4n) is 1.73. The smallest absolute Gasteiger partial charge is 0.267 e. The molecular weight excluding hydrogens is 228 g/mol. The Labute approximate surface area is 98.8 Å². The Morgan fingerprint density at radius 3 is 1.94 bits per heavy atom. The quantitative estimate of drug-likeness (QED) is 0.488. The minimum absolute atomic E-state index is 0.249. The zero-order valence-corrected chi connectivity index (χ0v) is 11.0. The third-order valence-electron chi connectivity index (χ3n) is 2.77. The molecule has 0 aliphatic rings. The molecule has 2 atom stereocenters. The third-order valence-corrected chi connectivity index (χ3v) is 4.19. The molecule has 0 aromatic heterocycles. The number of aliphatic hydroxyl groups is 1. The average Bonchev–Trinajstić information content (AvgIpc) is 2.14. The summed E-state index contributed by atoms with van der Waals surface area (Å²) in [5.74, 6) is 0. The van der Waals surface area contributed by atoms with E-state index in [0.29, 0.717) is 12.8 Å². The van der Waals surface area contributed by atoms with E-state index in [1.54, 1.807) is 13.8 Å². The summed E-state index contributed by atoms with van der Waals surface area (Å²) in [6.45, 7) is 3.54. The first kappa shape index (κ1) is 15.9. The Bertz CT molecular complexity index is 259. The summed E-state index contributed by atoms with van der Waals surface area (Å²) in [6, 6.07) is 0. The number of aliphatic hydroxyl groups excluding tert-OH is 1. The summed E-state index contributed by atoms with van der Waals surface area (Å²) in [5.41, 5.74) is 0. The van der Waals surface area contributed by atoms with Gasteiger partial charge in [0.05, 0.1) is 11.4 Å². The van der Waals surface area contributed by atoms with Gasteiger partial charge >= 0.3 is 0 Å². The molecule has 5 heteroatoms. The normalized spacial score (nSPS) is 16.0. The monoisotopic (exact) mass is 252 g/mol. The highest BCUT2D eigenvalue weighted by Crippen LogP contribution is 2.15. The van der Waals surface area contributed by atoms with Crippen molar-refractivity contribution in [2.45, 2.75) is 70.1 Å². The van der Waals surface area contributed by atoms with Gasteiger partial charge in [-0.1, -0.05) is 32.6 Å². The van der Waals surface area contributed by atoms with E-state index in [1.807, 2.05) is 0 Å². The van der Waals surface area contributed by atoms with Crippen LogP contribution in [0.5, 0.6) is 0 Å². The Morgan fingerprint density at radius 1 is 1.06 bits per heavy atom. The standard InChI is InChI=1S/C11H24O4S/c1-3-11(16(13,14)15)9-7-5-4-6-8-10(2)12/h10-12H,3-9H2,1-2H3,(H,13,14,15). The lowest BCUT2D eigenvalue weighted by Gasteiger charge is -2.10. The summed E-state index contributed by atoms with van der Waals surface area (Å²) in [5, 5.41) is 8.42. The minimum Gasteiger partial charge on any atom is -0.393 e. The van der Waals surface area contributed by atoms with Gasteiger partial charge in [-0.25, -0.2) is 0 Å². The first-order chi connectivity index (χ1) is 7.38. The summed E-state index contributed by atoms with van der Waals surface area (Å²) in [4.78, 5) is 0. The van der Waals surface area contributed by atoms with E-state index in [1.165, 1.54) is 0 Å². The van der Waals surface area contributed by atoms with Gasteiger partial charge in [-0.15, -0.1) is 0 Å². The molecule has 0 aromatic rings. The second-order valence-corrected chi connectivity index (χ2v) is 6.08. The van der Waals surface area contributed by atoms with Crippen molar-refractivity contribution in [1.82, 2.24) is 0 Å². The molecular formula is C11H24O4S. The van der Waals surface area contributed by atoms with E-state index in [9.17, 15) is 8.42 Å². The summed E-state index contributed by atoms with van der Waals surface area (Å²) < 4.78 is 30.7. The molecule has 0 aromatic carbocycles. The van der Waals surface area contributed by atoms with Crippen LogP contribution >= 0.6 is 0 Å². The first-order valence-electron chi connectivity index (χ1n) is 6.02. The molecule has 2 N–H and O–H groups in total. The lowest BCUT2D eigenvalue weighted by atomic mass is 10.1. The molecule has 0 rings (SSSR count). The van der Waals surface area contributed by atoms with Gasteiger partial charge in [0.1, 0.15) is 0 Å². The number of hydrogen-bond acceptors (Lipinski definition) is 3. The van der Waals surface area contributed by atoms with E-state index in [4.69, 9.17) is 9.66 Å². The van der Waals surface area contributed by atoms with Crippen molar-refractivity contribution in [3.05, 3.63) is 0 Å². The predicted molar refractivity (Wildman–Crippen MR) is 65.0 cm³/mol. The molecule has 2 unspecified atom stereocenters. The van der Waals surface area contributed by atoms with Crippen LogP contribution in [0.3, 0.4) is 0 Å². The van der Waals surface area contributed by atoms with Gasteiger partial charge in [0.15, 0.2) is 0 Å². The highest BCUT2D eigenvalue weighted by molar-refractivity contribution is 7.86. The van der Waals surface area contributed by atoms with Crippen LogP contribution in [0, 0.1) is 0 Å². The van der Waals surface area contributed by atoms with Gasteiger partial charge in [0.2, 0.25) is 0 Å². The van der Waals surface area contributed by atoms with Gasteiger partial charge in [-0.05, 0) is 26.2 Å². The van der Waals surface area contributed by atoms with Crippen molar-refractivity contribution in [3.8, 4) is 0 Å². The fourth-order valence-corrected chi connectivity index (χ4v) is 2.61. The van der Waals surface area contributed by atoms with Crippen LogP contribution in [0.2, 0.25) is 0 Å². The maximum Gasteiger partial charge on any atom is 0.267 e. The lowest BCUT2D eigenvalue weighted by Crippen LogP contribution is -2.19. The minimum atomic E-state index is -3.86. The second kappa shape index (κ2) is 8.03. The average molecular weight is 252 g/mol. The highest BCUT2D eigenvalue weighted by Gasteiger charge is 2.19. The molecule has 0 radical (unpaired) electrons. The number of unbranched alkanes of at least 4 members (excludes halogenated alkanes) is 3. The molecule has 0 amide bonds. The summed E-state index contributed by atoms with van der Waals surface area (Å²) >= 11 is 0. The van der Waals surface area contributed by atoms with Crippen LogP contribution in [-0.2, 0) is 10.1 Å². The molecule has 0 heterocycles. The molecule has 0 aliphatic heterocycles. The maximum absolute atomic E-state index is 10.9. The molecule has 0 saturated heterocycles. The molecule has 0 saturated carbocycles. The van der Waals surface area contributed by atoms with Crippen LogP contribution in [0.4, 0.5) is 0 Å². The fraction of sp³-hybridized carbons (Fsp3) is 1.00. The van der Waals surface area contributed by atoms with Crippen LogP contribution in [0.15, 0.2) is 0 Å². The molecule has 0 bridgehead atoms. The van der Waals surface area contributed by atoms with Crippen molar-refractivity contribution >= 4 is 10.1 Å². The van der Waals surface area contributed by atoms with Crippen LogP contribution in [-0.4, -0.2) is 29.4 Å². The largest absolute Gasteiger partial charge is 0.393 e. The van der Waals surface area contributed by atoms with Gasteiger partial charge in [0.25, 0.3) is 10.1 Å². The molecule has 0 fully saturated rings. The molecule has 0 aliphatic carbocycles. The predicted octanol–water partition coefficient (Wildman–Crippen LogP) is 2.37. The van der Waals surface area contributed by atoms with Crippen molar-refractivity contribution in [2.24, 2.45) is 0 Å². The van der Waals surface area contributed by atoms with Gasteiger partial charge in [-0.3, -0.25) is 4.55 Å². The Kier molecular flexibility index (Phi) is 7.97. The zero-order chi connectivity index (χ0) is 12.6. The van der Waals surface area contributed by atoms with Crippen molar-refractivity contribution in [2.75, 3.05) is 0 Å². The maximum atomic E-state index is 10.9. The molecule has 98 valence electrons. The Balaban J connectivity index is 3.57. The lowest BCUT2D eigenvalue weighted by molar-refractivity contribution is 0.180. The first-order valence-corrected chi connectivity index (χ1v) is 7.52. The van der Waals surface area contributed by atoms with Crippen LogP contribution in [0.1, 0.15) is 58.8 Å². The van der Waals surface area contributed by atoms with Crippen LogP contribution < -0.4 is 0 Å². The highest BCUT2D eigenvalue weighted by atomic mass is 32.2. The van der Waals surface area contributed by atoms with E-state index in [-0.39, 0.29) is 6.10 Å². The SMILES string of the molecule is CCC(CCCCCCC(C)O)S(=O)(=O)O. The van der Waals surface area contributed by atoms with E-state index in [0.717, 1.165) is 32.1 Å². The van der Waals surface area contributed by atoms with Gasteiger partial charge < -0.3 is 5.11 Å². The van der Waals surface area contributed by atoms with E-state index in [2.05, 4.69) is 0 Å². The zero-order valence-electron chi connectivity index (χ0n) is 10.2. The third kappa shape index (κ3) is 8.07. The second-order valence-electron chi connectivity index (χ2n) is 4.39. The topological polar surface area (TPSA) is 74.6 Å². The molecule has 0 spiro atoms. The van der Waals surface area contributed by atoms with Crippen molar-refractivity contribution < 1.29 is 18.1 Å². The molecule has 16 heavy (non-hydrogen) atoms. The number of rotatable bonds is 9. The van der Waals surface area contributed by atoms with Gasteiger partial charge in [-0.2, -0.15) is 8.42 Å². The van der Waals surface area contributed by atoms with Gasteiger partial charge in [0, 0.05) is 0 Å². The summed E-state index contributed by atoms with van der Waals surface area (Å²) in [6.07, 6.45) is 5.30. The van der Waals surface area contributed by atoms with Crippen molar-refractivity contribution in [3.63, 3.8) is 0 Å². The van der Waals surface area contributed by atoms with Crippen molar-refractivity contribution in [1.29, 1.82) is 0 Å². The number of hydrogen-bond donors (Lipinski definition) is 2.